The van der Waals surface area contributed by atoms with Crippen LogP contribution in [0.1, 0.15) is 71.6 Å². The van der Waals surface area contributed by atoms with Crippen LogP contribution in [0, 0.1) is 45.8 Å². The average molecular weight is 360 g/mol. The van der Waals surface area contributed by atoms with E-state index in [4.69, 9.17) is 9.47 Å². The maximum atomic E-state index is 11.0. The highest BCUT2D eigenvalue weighted by molar-refractivity contribution is 5.21. The van der Waals surface area contributed by atoms with Gasteiger partial charge in [-0.05, 0) is 74.0 Å². The molecule has 1 heterocycles. The second-order valence-electron chi connectivity index (χ2n) is 10.4. The third-order valence-electron chi connectivity index (χ3n) is 9.82. The molecular weight excluding hydrogens is 326 g/mol. The van der Waals surface area contributed by atoms with E-state index in [1.54, 1.807) is 0 Å². The summed E-state index contributed by atoms with van der Waals surface area (Å²) in [7, 11) is 0. The summed E-state index contributed by atoms with van der Waals surface area (Å²) >= 11 is 0. The van der Waals surface area contributed by atoms with Crippen LogP contribution in [0.15, 0.2) is 0 Å². The molecule has 0 unspecified atom stereocenters. The third kappa shape index (κ3) is 2.06. The predicted octanol–water partition coefficient (Wildman–Crippen LogP) is 4.03. The molecule has 5 aliphatic rings. The summed E-state index contributed by atoms with van der Waals surface area (Å²) in [6, 6.07) is 2.30. The van der Waals surface area contributed by atoms with Gasteiger partial charge in [0.1, 0.15) is 0 Å². The summed E-state index contributed by atoms with van der Waals surface area (Å²) in [5.74, 6) is 2.33. The van der Waals surface area contributed by atoms with Crippen molar-refractivity contribution in [2.45, 2.75) is 83.0 Å². The van der Waals surface area contributed by atoms with E-state index < -0.39 is 5.60 Å². The first-order valence-electron chi connectivity index (χ1n) is 10.8. The minimum Gasteiger partial charge on any atom is -0.375 e. The van der Waals surface area contributed by atoms with Crippen LogP contribution >= 0.6 is 0 Å². The van der Waals surface area contributed by atoms with Crippen LogP contribution in [0.2, 0.25) is 0 Å². The molecule has 0 aromatic carbocycles. The molecule has 1 N–H and O–H groups in total. The molecule has 0 radical (unpaired) electrons. The fraction of sp³-hybridized carbons (Fsp3) is 0.955. The van der Waals surface area contributed by atoms with Gasteiger partial charge in [-0.15, -0.1) is 0 Å². The Morgan fingerprint density at radius 1 is 0.923 bits per heavy atom. The van der Waals surface area contributed by atoms with Gasteiger partial charge in [-0.1, -0.05) is 13.8 Å². The number of hydrogen-bond acceptors (Lipinski definition) is 4. The fourth-order valence-electron chi connectivity index (χ4n) is 8.16. The Morgan fingerprint density at radius 2 is 1.65 bits per heavy atom. The summed E-state index contributed by atoms with van der Waals surface area (Å²) < 4.78 is 12.1. The topological polar surface area (TPSA) is 62.5 Å². The third-order valence-corrected chi connectivity index (χ3v) is 9.82. The van der Waals surface area contributed by atoms with Crippen molar-refractivity contribution in [1.82, 2.24) is 0 Å². The lowest BCUT2D eigenvalue weighted by molar-refractivity contribution is -0.231. The molecule has 1 spiro atoms. The number of aliphatic hydroxyl groups is 1. The van der Waals surface area contributed by atoms with Crippen molar-refractivity contribution in [2.75, 3.05) is 13.2 Å². The lowest BCUT2D eigenvalue weighted by atomic mass is 9.44. The summed E-state index contributed by atoms with van der Waals surface area (Å²) in [5, 5.41) is 20.6. The molecule has 1 saturated heterocycles. The Hall–Kier alpha value is -0.630. The number of hydrogen-bond donors (Lipinski definition) is 1. The van der Waals surface area contributed by atoms with Gasteiger partial charge in [0.2, 0.25) is 0 Å². The average Bonchev–Trinajstić information content (AvgIpc) is 3.19. The van der Waals surface area contributed by atoms with Crippen LogP contribution in [-0.2, 0) is 9.47 Å². The molecule has 4 aliphatic carbocycles. The molecule has 0 bridgehead atoms. The molecule has 5 fully saturated rings. The first kappa shape index (κ1) is 17.5. The Balaban J connectivity index is 1.42. The van der Waals surface area contributed by atoms with Crippen LogP contribution in [0.5, 0.6) is 0 Å². The SMILES string of the molecule is C[C@]12CCC3(C[C@@H]1CC[C@H]1[C@H]4CC[C@](O)(C#N)[C@@]4(C)CC[C@@H]12)OCCO3. The van der Waals surface area contributed by atoms with Crippen molar-refractivity contribution in [2.24, 2.45) is 34.5 Å². The van der Waals surface area contributed by atoms with Crippen molar-refractivity contribution in [3.63, 3.8) is 0 Å². The second kappa shape index (κ2) is 5.46. The van der Waals surface area contributed by atoms with Gasteiger partial charge in [0.15, 0.2) is 11.4 Å². The van der Waals surface area contributed by atoms with E-state index >= 15 is 0 Å². The summed E-state index contributed by atoms with van der Waals surface area (Å²) in [5.41, 5.74) is -0.944. The highest BCUT2D eigenvalue weighted by atomic mass is 16.7. The summed E-state index contributed by atoms with van der Waals surface area (Å²) in [4.78, 5) is 0. The minimum absolute atomic E-state index is 0.209. The van der Waals surface area contributed by atoms with Crippen LogP contribution in [0.4, 0.5) is 0 Å². The lowest BCUT2D eigenvalue weighted by Gasteiger charge is -2.62. The van der Waals surface area contributed by atoms with Crippen LogP contribution in [0.25, 0.3) is 0 Å². The Labute approximate surface area is 157 Å². The molecule has 0 aromatic heterocycles. The lowest BCUT2D eigenvalue weighted by Crippen LogP contribution is -2.58. The van der Waals surface area contributed by atoms with E-state index in [2.05, 4.69) is 19.9 Å². The molecule has 0 amide bonds. The first-order valence-corrected chi connectivity index (χ1v) is 10.8. The van der Waals surface area contributed by atoms with Gasteiger partial charge < -0.3 is 14.6 Å². The molecule has 4 saturated carbocycles. The van der Waals surface area contributed by atoms with Crippen molar-refractivity contribution in [3.05, 3.63) is 0 Å². The zero-order chi connectivity index (χ0) is 18.2. The first-order chi connectivity index (χ1) is 12.4. The zero-order valence-corrected chi connectivity index (χ0v) is 16.3. The van der Waals surface area contributed by atoms with Crippen LogP contribution in [0.3, 0.4) is 0 Å². The maximum absolute atomic E-state index is 11.0. The molecule has 144 valence electrons. The Kier molecular flexibility index (Phi) is 3.67. The monoisotopic (exact) mass is 359 g/mol. The molecule has 26 heavy (non-hydrogen) atoms. The van der Waals surface area contributed by atoms with E-state index in [1.165, 1.54) is 25.7 Å². The van der Waals surface area contributed by atoms with Gasteiger partial charge in [-0.3, -0.25) is 0 Å². The predicted molar refractivity (Wildman–Crippen MR) is 96.9 cm³/mol. The van der Waals surface area contributed by atoms with Gasteiger partial charge in [-0.25, -0.2) is 0 Å². The van der Waals surface area contributed by atoms with Gasteiger partial charge >= 0.3 is 0 Å². The largest absolute Gasteiger partial charge is 0.375 e. The summed E-state index contributed by atoms with van der Waals surface area (Å²) in [6.45, 7) is 6.24. The number of rotatable bonds is 0. The Bertz CT molecular complexity index is 638. The fourth-order valence-corrected chi connectivity index (χ4v) is 8.16. The van der Waals surface area contributed by atoms with Crippen molar-refractivity contribution in [3.8, 4) is 6.07 Å². The highest BCUT2D eigenvalue weighted by Gasteiger charge is 2.66. The number of fused-ring (bicyclic) bond motifs is 5. The van der Waals surface area contributed by atoms with Gasteiger partial charge in [0.05, 0.1) is 19.3 Å². The number of nitrogens with zero attached hydrogens (tertiary/aromatic N) is 1. The molecule has 4 heteroatoms. The van der Waals surface area contributed by atoms with Gasteiger partial charge in [-0.2, -0.15) is 5.26 Å². The maximum Gasteiger partial charge on any atom is 0.168 e. The molecule has 1 aliphatic heterocycles. The van der Waals surface area contributed by atoms with Crippen molar-refractivity contribution < 1.29 is 14.6 Å². The normalized spacial score (nSPS) is 55.0. The van der Waals surface area contributed by atoms with E-state index in [-0.39, 0.29) is 11.2 Å². The zero-order valence-electron chi connectivity index (χ0n) is 16.3. The quantitative estimate of drug-likeness (QED) is 0.663. The van der Waals surface area contributed by atoms with Crippen molar-refractivity contribution in [1.29, 1.82) is 5.26 Å². The van der Waals surface area contributed by atoms with Gasteiger partial charge in [0.25, 0.3) is 0 Å². The van der Waals surface area contributed by atoms with Crippen LogP contribution in [-0.4, -0.2) is 29.7 Å². The minimum atomic E-state index is -1.11. The second-order valence-corrected chi connectivity index (χ2v) is 10.4. The van der Waals surface area contributed by atoms with E-state index in [0.29, 0.717) is 29.6 Å². The Morgan fingerprint density at radius 3 is 2.38 bits per heavy atom. The summed E-state index contributed by atoms with van der Waals surface area (Å²) in [6.07, 6.45) is 9.67. The van der Waals surface area contributed by atoms with E-state index in [1.807, 2.05) is 0 Å². The highest BCUT2D eigenvalue weighted by Crippen LogP contribution is 2.69. The number of nitriles is 1. The molecular formula is C22H33NO3. The molecule has 4 nitrogen and oxygen atoms in total. The molecule has 7 atom stereocenters. The molecule has 0 aromatic rings. The van der Waals surface area contributed by atoms with E-state index in [9.17, 15) is 10.4 Å². The smallest absolute Gasteiger partial charge is 0.168 e. The van der Waals surface area contributed by atoms with Crippen molar-refractivity contribution >= 4 is 0 Å². The van der Waals surface area contributed by atoms with Gasteiger partial charge in [0, 0.05) is 18.3 Å². The van der Waals surface area contributed by atoms with Crippen LogP contribution < -0.4 is 0 Å². The van der Waals surface area contributed by atoms with E-state index in [0.717, 1.165) is 44.8 Å². The number of ether oxygens (including phenoxy) is 2. The standard InChI is InChI=1S/C22H33NO3/c1-19-9-10-22(25-11-12-26-22)13-15(19)3-4-16-17(19)5-7-20(2)18(16)6-8-21(20,24)14-23/h15-18,24H,3-13H2,1-2H3/t15-,16+,17-,18+,19-,20-,21-/m0/s1. The molecule has 5 rings (SSSR count).